The lowest BCUT2D eigenvalue weighted by Gasteiger charge is -2.10. The standard InChI is InChI=1S/C6H11IN2O2/c1-9(2)8-6(11)4-3-5(7)10/h3-4H2,1-2H3,(H,8,11). The van der Waals surface area contributed by atoms with Crippen molar-refractivity contribution in [2.45, 2.75) is 12.8 Å². The maximum atomic E-state index is 10.8. The first-order chi connectivity index (χ1) is 5.02. The van der Waals surface area contributed by atoms with E-state index in [4.69, 9.17) is 0 Å². The highest BCUT2D eigenvalue weighted by atomic mass is 127. The molecule has 0 heterocycles. The van der Waals surface area contributed by atoms with Crippen molar-refractivity contribution in [3.8, 4) is 0 Å². The average molecular weight is 270 g/mol. The Morgan fingerprint density at radius 1 is 1.36 bits per heavy atom. The van der Waals surface area contributed by atoms with E-state index in [1.165, 1.54) is 0 Å². The molecule has 5 heteroatoms. The summed E-state index contributed by atoms with van der Waals surface area (Å²) < 4.78 is 0.0107. The lowest BCUT2D eigenvalue weighted by molar-refractivity contribution is -0.126. The van der Waals surface area contributed by atoms with Crippen molar-refractivity contribution in [2.24, 2.45) is 0 Å². The van der Waals surface area contributed by atoms with Gasteiger partial charge in [-0.3, -0.25) is 15.0 Å². The fourth-order valence-electron chi connectivity index (χ4n) is 0.517. The Morgan fingerprint density at radius 3 is 2.27 bits per heavy atom. The topological polar surface area (TPSA) is 49.4 Å². The molecule has 4 nitrogen and oxygen atoms in total. The number of hydrazine groups is 1. The second-order valence-electron chi connectivity index (χ2n) is 2.28. The van der Waals surface area contributed by atoms with Crippen molar-refractivity contribution < 1.29 is 9.59 Å². The molecule has 0 bridgehead atoms. The number of amides is 1. The first-order valence-electron chi connectivity index (χ1n) is 3.17. The second-order valence-corrected chi connectivity index (χ2v) is 3.49. The van der Waals surface area contributed by atoms with Gasteiger partial charge >= 0.3 is 0 Å². The Bertz CT molecular complexity index is 159. The van der Waals surface area contributed by atoms with Crippen LogP contribution in [0.5, 0.6) is 0 Å². The van der Waals surface area contributed by atoms with Crippen LogP contribution in [0.1, 0.15) is 12.8 Å². The Balaban J connectivity index is 3.45. The van der Waals surface area contributed by atoms with E-state index >= 15 is 0 Å². The summed E-state index contributed by atoms with van der Waals surface area (Å²) in [6.45, 7) is 0. The Labute approximate surface area is 79.4 Å². The van der Waals surface area contributed by atoms with Gasteiger partial charge in [0.1, 0.15) is 0 Å². The van der Waals surface area contributed by atoms with Gasteiger partial charge in [-0.1, -0.05) is 0 Å². The third kappa shape index (κ3) is 7.73. The SMILES string of the molecule is CN(C)NC(=O)CCC(=O)I. The van der Waals surface area contributed by atoms with Gasteiger partial charge in [0.15, 0.2) is 3.79 Å². The Kier molecular flexibility index (Phi) is 5.39. The molecule has 64 valence electrons. The Hall–Kier alpha value is -0.170. The smallest absolute Gasteiger partial charge is 0.234 e. The summed E-state index contributed by atoms with van der Waals surface area (Å²) in [5, 5.41) is 1.56. The molecule has 0 rings (SSSR count). The van der Waals surface area contributed by atoms with Crippen molar-refractivity contribution in [3.05, 3.63) is 0 Å². The highest BCUT2D eigenvalue weighted by molar-refractivity contribution is 14.1. The molecular formula is C6H11IN2O2. The highest BCUT2D eigenvalue weighted by Gasteiger charge is 2.03. The van der Waals surface area contributed by atoms with Gasteiger partial charge in [-0.25, -0.2) is 5.01 Å². The lowest BCUT2D eigenvalue weighted by atomic mass is 10.3. The number of halogens is 1. The zero-order chi connectivity index (χ0) is 8.85. The molecule has 0 saturated carbocycles. The predicted octanol–water partition coefficient (Wildman–Crippen LogP) is 0.321. The summed E-state index contributed by atoms with van der Waals surface area (Å²) in [6, 6.07) is 0. The molecule has 0 atom stereocenters. The van der Waals surface area contributed by atoms with Crippen LogP contribution < -0.4 is 5.43 Å². The maximum absolute atomic E-state index is 10.8. The zero-order valence-electron chi connectivity index (χ0n) is 6.56. The van der Waals surface area contributed by atoms with Crippen LogP contribution in [0, 0.1) is 0 Å². The minimum absolute atomic E-state index is 0.0107. The summed E-state index contributed by atoms with van der Waals surface area (Å²) in [4.78, 5) is 21.3. The molecule has 0 spiro atoms. The van der Waals surface area contributed by atoms with Gasteiger partial charge in [0.25, 0.3) is 0 Å². The molecule has 0 saturated heterocycles. The molecule has 0 aromatic rings. The maximum Gasteiger partial charge on any atom is 0.234 e. The van der Waals surface area contributed by atoms with E-state index in [1.807, 2.05) is 0 Å². The molecule has 1 amide bonds. The van der Waals surface area contributed by atoms with Crippen LogP contribution in [-0.4, -0.2) is 28.8 Å². The van der Waals surface area contributed by atoms with Gasteiger partial charge in [-0.05, 0) is 22.6 Å². The summed E-state index contributed by atoms with van der Waals surface area (Å²) in [5.74, 6) is -0.125. The van der Waals surface area contributed by atoms with Crippen LogP contribution in [-0.2, 0) is 9.59 Å². The van der Waals surface area contributed by atoms with Crippen molar-refractivity contribution >= 4 is 32.3 Å². The summed E-state index contributed by atoms with van der Waals surface area (Å²) in [5.41, 5.74) is 2.54. The number of nitrogens with zero attached hydrogens (tertiary/aromatic N) is 1. The molecule has 0 aromatic carbocycles. The first kappa shape index (κ1) is 10.8. The molecule has 0 radical (unpaired) electrons. The molecule has 0 aliphatic carbocycles. The van der Waals surface area contributed by atoms with Crippen LogP contribution >= 0.6 is 22.6 Å². The number of carbonyl (C=O) groups excluding carboxylic acids is 2. The first-order valence-corrected chi connectivity index (χ1v) is 4.25. The summed E-state index contributed by atoms with van der Waals surface area (Å²) in [6.07, 6.45) is 0.570. The summed E-state index contributed by atoms with van der Waals surface area (Å²) in [7, 11) is 3.45. The summed E-state index contributed by atoms with van der Waals surface area (Å²) >= 11 is 1.68. The van der Waals surface area contributed by atoms with Gasteiger partial charge in [-0.2, -0.15) is 0 Å². The van der Waals surface area contributed by atoms with E-state index < -0.39 is 0 Å². The lowest BCUT2D eigenvalue weighted by Crippen LogP contribution is -2.36. The van der Waals surface area contributed by atoms with E-state index in [-0.39, 0.29) is 16.1 Å². The van der Waals surface area contributed by atoms with Gasteiger partial charge in [-0.15, -0.1) is 0 Å². The van der Waals surface area contributed by atoms with E-state index in [1.54, 1.807) is 41.7 Å². The number of hydrogen-bond acceptors (Lipinski definition) is 3. The Morgan fingerprint density at radius 2 is 1.91 bits per heavy atom. The molecule has 0 aliphatic heterocycles. The normalized spacial score (nSPS) is 9.82. The van der Waals surface area contributed by atoms with Gasteiger partial charge in [0.2, 0.25) is 5.91 Å². The van der Waals surface area contributed by atoms with E-state index in [2.05, 4.69) is 5.43 Å². The van der Waals surface area contributed by atoms with E-state index in [0.717, 1.165) is 0 Å². The van der Waals surface area contributed by atoms with E-state index in [0.29, 0.717) is 6.42 Å². The molecule has 11 heavy (non-hydrogen) atoms. The largest absolute Gasteiger partial charge is 0.289 e. The average Bonchev–Trinajstić information content (AvgIpc) is 1.82. The molecule has 0 aliphatic rings. The van der Waals surface area contributed by atoms with Crippen LogP contribution in [0.15, 0.2) is 0 Å². The number of nitrogens with one attached hydrogen (secondary N) is 1. The predicted molar refractivity (Wildman–Crippen MR) is 50.1 cm³/mol. The van der Waals surface area contributed by atoms with Crippen LogP contribution in [0.3, 0.4) is 0 Å². The van der Waals surface area contributed by atoms with Crippen molar-refractivity contribution in [1.29, 1.82) is 0 Å². The minimum atomic E-state index is -0.125. The second kappa shape index (κ2) is 5.48. The monoisotopic (exact) mass is 270 g/mol. The molecule has 1 N–H and O–H groups in total. The minimum Gasteiger partial charge on any atom is -0.289 e. The van der Waals surface area contributed by atoms with E-state index in [9.17, 15) is 9.59 Å². The molecule has 0 aromatic heterocycles. The van der Waals surface area contributed by atoms with Crippen molar-refractivity contribution in [3.63, 3.8) is 0 Å². The third-order valence-corrected chi connectivity index (χ3v) is 1.44. The van der Waals surface area contributed by atoms with Crippen LogP contribution in [0.25, 0.3) is 0 Å². The van der Waals surface area contributed by atoms with Gasteiger partial charge in [0, 0.05) is 26.9 Å². The molecule has 0 fully saturated rings. The fraction of sp³-hybridized carbons (Fsp3) is 0.667. The fourth-order valence-corrected chi connectivity index (χ4v) is 0.787. The number of hydrogen-bond donors (Lipinski definition) is 1. The van der Waals surface area contributed by atoms with Gasteiger partial charge in [0.05, 0.1) is 0 Å². The highest BCUT2D eigenvalue weighted by Crippen LogP contribution is 1.96. The quantitative estimate of drug-likeness (QED) is 0.455. The molecular weight excluding hydrogens is 259 g/mol. The number of rotatable bonds is 4. The zero-order valence-corrected chi connectivity index (χ0v) is 8.71. The van der Waals surface area contributed by atoms with Crippen LogP contribution in [0.4, 0.5) is 0 Å². The number of carbonyl (C=O) groups is 2. The van der Waals surface area contributed by atoms with Crippen molar-refractivity contribution in [2.75, 3.05) is 14.1 Å². The molecule has 0 unspecified atom stereocenters. The van der Waals surface area contributed by atoms with Crippen LogP contribution in [0.2, 0.25) is 0 Å². The van der Waals surface area contributed by atoms with Gasteiger partial charge < -0.3 is 0 Å². The third-order valence-electron chi connectivity index (χ3n) is 0.897. The van der Waals surface area contributed by atoms with Crippen molar-refractivity contribution in [1.82, 2.24) is 10.4 Å².